The van der Waals surface area contributed by atoms with Gasteiger partial charge in [-0.2, -0.15) is 28.4 Å². The lowest BCUT2D eigenvalue weighted by molar-refractivity contribution is -0.141. The Bertz CT molecular complexity index is 1090. The van der Waals surface area contributed by atoms with E-state index < -0.39 is 23.7 Å². The number of nitrogens with one attached hydrogen (secondary N) is 1. The van der Waals surface area contributed by atoms with Gasteiger partial charge in [0.15, 0.2) is 23.0 Å². The van der Waals surface area contributed by atoms with Crippen molar-refractivity contribution in [2.75, 3.05) is 7.11 Å². The van der Waals surface area contributed by atoms with Crippen LogP contribution in [0.15, 0.2) is 33.9 Å². The van der Waals surface area contributed by atoms with Crippen molar-refractivity contribution in [1.82, 2.24) is 25.3 Å². The Morgan fingerprint density at radius 1 is 1.40 bits per heavy atom. The maximum absolute atomic E-state index is 12.7. The lowest BCUT2D eigenvalue weighted by Gasteiger charge is -2.03. The number of aromatic nitrogens is 4. The van der Waals surface area contributed by atoms with Gasteiger partial charge in [-0.3, -0.25) is 9.48 Å². The number of nitrogens with zero attached hydrogens (tertiary/aromatic N) is 5. The number of phenolic OH excluding ortho intramolecular Hbond substituents is 1. The highest BCUT2D eigenvalue weighted by molar-refractivity contribution is 5.90. The number of rotatable bonds is 6. The van der Waals surface area contributed by atoms with E-state index in [1.165, 1.54) is 32.4 Å². The maximum Gasteiger partial charge on any atom is 0.435 e. The molecule has 0 unspecified atom stereocenters. The fourth-order valence-electron chi connectivity index (χ4n) is 2.34. The SMILES string of the molecule is COc1cc(/C=N\NC(=O)c2nc(Cn3nc(C(F)(F)F)cc3C)no2)ccc1O. The van der Waals surface area contributed by atoms with E-state index in [0.29, 0.717) is 5.56 Å². The lowest BCUT2D eigenvalue weighted by atomic mass is 10.2. The third-order valence-corrected chi connectivity index (χ3v) is 3.81. The van der Waals surface area contributed by atoms with Crippen LogP contribution >= 0.6 is 0 Å². The van der Waals surface area contributed by atoms with Crippen LogP contribution in [-0.4, -0.2) is 44.3 Å². The number of ether oxygens (including phenoxy) is 1. The van der Waals surface area contributed by atoms with Crippen LogP contribution in [0.3, 0.4) is 0 Å². The van der Waals surface area contributed by atoms with Gasteiger partial charge in [0.1, 0.15) is 6.54 Å². The number of methoxy groups -OCH3 is 1. The van der Waals surface area contributed by atoms with Crippen molar-refractivity contribution < 1.29 is 32.3 Å². The van der Waals surface area contributed by atoms with Gasteiger partial charge >= 0.3 is 18.0 Å². The number of amides is 1. The van der Waals surface area contributed by atoms with Gasteiger partial charge in [-0.25, -0.2) is 5.43 Å². The van der Waals surface area contributed by atoms with Crippen molar-refractivity contribution in [1.29, 1.82) is 0 Å². The molecule has 0 saturated carbocycles. The zero-order valence-corrected chi connectivity index (χ0v) is 15.6. The number of aromatic hydroxyl groups is 1. The normalized spacial score (nSPS) is 11.8. The first kappa shape index (κ1) is 20.8. The molecule has 0 saturated heterocycles. The zero-order valence-electron chi connectivity index (χ0n) is 15.6. The number of hydrazone groups is 1. The summed E-state index contributed by atoms with van der Waals surface area (Å²) in [6.07, 6.45) is -3.28. The summed E-state index contributed by atoms with van der Waals surface area (Å²) in [5.41, 5.74) is 1.91. The summed E-state index contributed by atoms with van der Waals surface area (Å²) < 4.78 is 49.0. The van der Waals surface area contributed by atoms with E-state index in [2.05, 4.69) is 25.8 Å². The lowest BCUT2D eigenvalue weighted by Crippen LogP contribution is -2.18. The van der Waals surface area contributed by atoms with Crippen LogP contribution in [0.25, 0.3) is 0 Å². The molecule has 0 aliphatic heterocycles. The number of benzene rings is 1. The fourth-order valence-corrected chi connectivity index (χ4v) is 2.34. The highest BCUT2D eigenvalue weighted by Gasteiger charge is 2.34. The van der Waals surface area contributed by atoms with Crippen molar-refractivity contribution >= 4 is 12.1 Å². The average Bonchev–Trinajstić information content (AvgIpc) is 3.30. The van der Waals surface area contributed by atoms with Crippen molar-refractivity contribution in [3.05, 3.63) is 52.9 Å². The van der Waals surface area contributed by atoms with Gasteiger partial charge in [-0.15, -0.1) is 0 Å². The molecule has 2 aromatic heterocycles. The summed E-state index contributed by atoms with van der Waals surface area (Å²) in [6, 6.07) is 5.33. The van der Waals surface area contributed by atoms with Crippen LogP contribution in [0.1, 0.15) is 33.5 Å². The Morgan fingerprint density at radius 2 is 2.17 bits per heavy atom. The number of halogens is 3. The summed E-state index contributed by atoms with van der Waals surface area (Å²) in [6.45, 7) is 1.23. The Morgan fingerprint density at radius 3 is 2.83 bits per heavy atom. The highest BCUT2D eigenvalue weighted by Crippen LogP contribution is 2.28. The molecule has 1 aromatic carbocycles. The Labute approximate surface area is 167 Å². The molecular formula is C17H15F3N6O4. The smallest absolute Gasteiger partial charge is 0.435 e. The zero-order chi connectivity index (χ0) is 21.9. The molecule has 10 nitrogen and oxygen atoms in total. The second-order valence-corrected chi connectivity index (χ2v) is 5.97. The van der Waals surface area contributed by atoms with Crippen LogP contribution < -0.4 is 10.2 Å². The van der Waals surface area contributed by atoms with Crippen molar-refractivity contribution in [2.45, 2.75) is 19.6 Å². The Balaban J connectivity index is 1.63. The van der Waals surface area contributed by atoms with E-state index in [9.17, 15) is 23.1 Å². The van der Waals surface area contributed by atoms with E-state index in [1.54, 1.807) is 6.07 Å². The monoisotopic (exact) mass is 424 g/mol. The van der Waals surface area contributed by atoms with Crippen LogP contribution in [0.2, 0.25) is 0 Å². The number of alkyl halides is 3. The summed E-state index contributed by atoms with van der Waals surface area (Å²) in [7, 11) is 1.39. The third kappa shape index (κ3) is 4.74. The van der Waals surface area contributed by atoms with E-state index in [4.69, 9.17) is 9.26 Å². The van der Waals surface area contributed by atoms with Crippen LogP contribution in [0.5, 0.6) is 11.5 Å². The molecular weight excluding hydrogens is 409 g/mol. The van der Waals surface area contributed by atoms with Gasteiger partial charge in [0.2, 0.25) is 0 Å². The van der Waals surface area contributed by atoms with E-state index in [-0.39, 0.29) is 29.6 Å². The first-order valence-electron chi connectivity index (χ1n) is 8.32. The molecule has 0 bridgehead atoms. The first-order chi connectivity index (χ1) is 14.2. The molecule has 0 radical (unpaired) electrons. The van der Waals surface area contributed by atoms with Gasteiger partial charge < -0.3 is 14.4 Å². The fraction of sp³-hybridized carbons (Fsp3) is 0.235. The first-order valence-corrected chi connectivity index (χ1v) is 8.32. The van der Waals surface area contributed by atoms with Gasteiger partial charge in [-0.1, -0.05) is 5.16 Å². The highest BCUT2D eigenvalue weighted by atomic mass is 19.4. The van der Waals surface area contributed by atoms with Crippen molar-refractivity contribution in [3.8, 4) is 11.5 Å². The second-order valence-electron chi connectivity index (χ2n) is 5.97. The van der Waals surface area contributed by atoms with Crippen LogP contribution in [0.4, 0.5) is 13.2 Å². The standard InChI is InChI=1S/C17H15F3N6O4/c1-9-5-13(17(18,19)20)24-26(9)8-14-22-16(30-25-14)15(28)23-21-7-10-3-4-11(27)12(6-10)29-2/h3-7,27H,8H2,1-2H3,(H,23,28)/b21-7-. The predicted molar refractivity (Wildman–Crippen MR) is 95.1 cm³/mol. The Kier molecular flexibility index (Phi) is 5.71. The number of carbonyl (C=O) groups is 1. The topological polar surface area (TPSA) is 128 Å². The summed E-state index contributed by atoms with van der Waals surface area (Å²) in [5.74, 6) is -1.09. The minimum Gasteiger partial charge on any atom is -0.504 e. The minimum absolute atomic E-state index is 0.0349. The van der Waals surface area contributed by atoms with Gasteiger partial charge in [0.25, 0.3) is 0 Å². The summed E-state index contributed by atoms with van der Waals surface area (Å²) >= 11 is 0. The van der Waals surface area contributed by atoms with Crippen LogP contribution in [-0.2, 0) is 12.7 Å². The number of hydrogen-bond acceptors (Lipinski definition) is 8. The number of aryl methyl sites for hydroxylation is 1. The molecule has 13 heteroatoms. The molecule has 0 spiro atoms. The minimum atomic E-state index is -4.57. The molecule has 0 aliphatic carbocycles. The predicted octanol–water partition coefficient (Wildman–Crippen LogP) is 2.12. The molecule has 30 heavy (non-hydrogen) atoms. The third-order valence-electron chi connectivity index (χ3n) is 3.81. The summed E-state index contributed by atoms with van der Waals surface area (Å²) in [4.78, 5) is 15.8. The Hall–Kier alpha value is -3.90. The van der Waals surface area contributed by atoms with E-state index in [1.807, 2.05) is 0 Å². The van der Waals surface area contributed by atoms with Crippen LogP contribution in [0, 0.1) is 6.92 Å². The maximum atomic E-state index is 12.7. The number of phenols is 1. The molecule has 0 atom stereocenters. The van der Waals surface area contributed by atoms with Gasteiger partial charge in [0.05, 0.1) is 13.3 Å². The van der Waals surface area contributed by atoms with E-state index in [0.717, 1.165) is 10.7 Å². The molecule has 158 valence electrons. The van der Waals surface area contributed by atoms with E-state index >= 15 is 0 Å². The number of hydrogen-bond donors (Lipinski definition) is 2. The van der Waals surface area contributed by atoms with Gasteiger partial charge in [0, 0.05) is 5.69 Å². The number of carbonyl (C=O) groups excluding carboxylic acids is 1. The van der Waals surface area contributed by atoms with Crippen molar-refractivity contribution in [2.24, 2.45) is 5.10 Å². The summed E-state index contributed by atoms with van der Waals surface area (Å²) in [5, 5.41) is 20.3. The molecule has 2 N–H and O–H groups in total. The molecule has 3 rings (SSSR count). The molecule has 3 aromatic rings. The molecule has 2 heterocycles. The van der Waals surface area contributed by atoms with Crippen molar-refractivity contribution in [3.63, 3.8) is 0 Å². The molecule has 1 amide bonds. The second kappa shape index (κ2) is 8.23. The average molecular weight is 424 g/mol. The molecule has 0 fully saturated rings. The van der Waals surface area contributed by atoms with Gasteiger partial charge in [-0.05, 0) is 36.8 Å². The largest absolute Gasteiger partial charge is 0.504 e. The quantitative estimate of drug-likeness (QED) is 0.458. The molecule has 0 aliphatic rings.